The number of nitrogens with zero attached hydrogens (tertiary/aromatic N) is 2. The second-order valence-corrected chi connectivity index (χ2v) is 5.89. The van der Waals surface area contributed by atoms with Gasteiger partial charge in [-0.25, -0.2) is 0 Å². The van der Waals surface area contributed by atoms with Gasteiger partial charge in [-0.05, 0) is 46.2 Å². The summed E-state index contributed by atoms with van der Waals surface area (Å²) in [6.45, 7) is 9.41. The Bertz CT molecular complexity index is 445. The summed E-state index contributed by atoms with van der Waals surface area (Å²) in [5, 5.41) is 13.5. The highest BCUT2D eigenvalue weighted by Gasteiger charge is 2.20. The highest BCUT2D eigenvalue weighted by Crippen LogP contribution is 2.16. The fourth-order valence-electron chi connectivity index (χ4n) is 2.89. The van der Waals surface area contributed by atoms with Crippen LogP contribution < -0.4 is 10.6 Å². The van der Waals surface area contributed by atoms with Crippen molar-refractivity contribution in [3.05, 3.63) is 11.4 Å². The first-order valence-electron chi connectivity index (χ1n) is 7.87. The molecule has 1 fully saturated rings. The summed E-state index contributed by atoms with van der Waals surface area (Å²) in [5.74, 6) is 0.0362. The van der Waals surface area contributed by atoms with E-state index in [-0.39, 0.29) is 5.91 Å². The standard InChI is InChI=1S/C15H27N5O/c1-4-8-20(9-13-6-5-7-16-13)10-14(21)17-15-11(2)18-19-12(15)3/h13,16H,4-10H2,1-3H3,(H,17,21)(H,18,19). The summed E-state index contributed by atoms with van der Waals surface area (Å²) in [4.78, 5) is 14.5. The van der Waals surface area contributed by atoms with Crippen LogP contribution in [0.5, 0.6) is 0 Å². The predicted octanol–water partition coefficient (Wildman–Crippen LogP) is 1.43. The zero-order chi connectivity index (χ0) is 15.2. The number of anilines is 1. The van der Waals surface area contributed by atoms with E-state index in [0.717, 1.165) is 43.1 Å². The van der Waals surface area contributed by atoms with Crippen molar-refractivity contribution in [2.24, 2.45) is 0 Å². The van der Waals surface area contributed by atoms with E-state index in [2.05, 4.69) is 32.7 Å². The molecule has 0 aromatic carbocycles. The third-order valence-corrected chi connectivity index (χ3v) is 3.94. The molecule has 21 heavy (non-hydrogen) atoms. The van der Waals surface area contributed by atoms with Crippen LogP contribution in [-0.4, -0.2) is 53.2 Å². The van der Waals surface area contributed by atoms with Crippen LogP contribution in [0.1, 0.15) is 37.6 Å². The molecule has 1 aliphatic rings. The van der Waals surface area contributed by atoms with E-state index in [1.54, 1.807) is 0 Å². The number of hydrogen-bond acceptors (Lipinski definition) is 4. The van der Waals surface area contributed by atoms with E-state index in [4.69, 9.17) is 0 Å². The molecule has 118 valence electrons. The molecular formula is C15H27N5O. The second kappa shape index (κ2) is 7.56. The smallest absolute Gasteiger partial charge is 0.238 e. The number of aromatic nitrogens is 2. The monoisotopic (exact) mass is 293 g/mol. The summed E-state index contributed by atoms with van der Waals surface area (Å²) in [6.07, 6.45) is 3.51. The quantitative estimate of drug-likeness (QED) is 0.711. The Kier molecular flexibility index (Phi) is 5.76. The number of carbonyl (C=O) groups is 1. The molecule has 1 saturated heterocycles. The van der Waals surface area contributed by atoms with Gasteiger partial charge in [0.2, 0.25) is 5.91 Å². The molecule has 0 aliphatic carbocycles. The second-order valence-electron chi connectivity index (χ2n) is 5.89. The number of hydrogen-bond donors (Lipinski definition) is 3. The molecule has 1 aromatic rings. The van der Waals surface area contributed by atoms with Crippen LogP contribution in [0.15, 0.2) is 0 Å². The molecule has 0 bridgehead atoms. The lowest BCUT2D eigenvalue weighted by atomic mass is 10.2. The van der Waals surface area contributed by atoms with Gasteiger partial charge < -0.3 is 10.6 Å². The van der Waals surface area contributed by atoms with Crippen LogP contribution in [0.3, 0.4) is 0 Å². The summed E-state index contributed by atoms with van der Waals surface area (Å²) in [6, 6.07) is 0.529. The average molecular weight is 293 g/mol. The van der Waals surface area contributed by atoms with Gasteiger partial charge >= 0.3 is 0 Å². The van der Waals surface area contributed by atoms with Crippen molar-refractivity contribution in [1.82, 2.24) is 20.4 Å². The van der Waals surface area contributed by atoms with Crippen molar-refractivity contribution in [2.75, 3.05) is 31.5 Å². The summed E-state index contributed by atoms with van der Waals surface area (Å²) >= 11 is 0. The van der Waals surface area contributed by atoms with Crippen molar-refractivity contribution in [3.63, 3.8) is 0 Å². The molecule has 1 atom stereocenters. The van der Waals surface area contributed by atoms with Gasteiger partial charge in [0.15, 0.2) is 0 Å². The van der Waals surface area contributed by atoms with Crippen molar-refractivity contribution < 1.29 is 4.79 Å². The van der Waals surface area contributed by atoms with Gasteiger partial charge in [-0.3, -0.25) is 14.8 Å². The first-order chi connectivity index (χ1) is 10.1. The highest BCUT2D eigenvalue weighted by atomic mass is 16.2. The molecule has 0 spiro atoms. The van der Waals surface area contributed by atoms with E-state index in [9.17, 15) is 4.79 Å². The number of carbonyl (C=O) groups excluding carboxylic acids is 1. The van der Waals surface area contributed by atoms with Gasteiger partial charge in [-0.1, -0.05) is 6.92 Å². The molecule has 0 radical (unpaired) electrons. The third kappa shape index (κ3) is 4.54. The molecule has 3 N–H and O–H groups in total. The van der Waals surface area contributed by atoms with Gasteiger partial charge in [-0.2, -0.15) is 5.10 Å². The van der Waals surface area contributed by atoms with Crippen molar-refractivity contribution in [1.29, 1.82) is 0 Å². The maximum absolute atomic E-state index is 12.3. The minimum Gasteiger partial charge on any atom is -0.322 e. The van der Waals surface area contributed by atoms with Crippen LogP contribution in [0, 0.1) is 13.8 Å². The average Bonchev–Trinajstić information content (AvgIpc) is 3.04. The molecule has 1 aliphatic heterocycles. The topological polar surface area (TPSA) is 73.0 Å². The first-order valence-corrected chi connectivity index (χ1v) is 7.87. The number of H-pyrrole nitrogens is 1. The molecule has 6 heteroatoms. The van der Waals surface area contributed by atoms with Crippen molar-refractivity contribution in [2.45, 2.75) is 46.1 Å². The number of aryl methyl sites for hydroxylation is 2. The van der Waals surface area contributed by atoms with Crippen molar-refractivity contribution >= 4 is 11.6 Å². The number of nitrogens with one attached hydrogen (secondary N) is 3. The minimum absolute atomic E-state index is 0.0362. The molecule has 1 aromatic heterocycles. The molecule has 6 nitrogen and oxygen atoms in total. The fourth-order valence-corrected chi connectivity index (χ4v) is 2.89. The molecule has 2 heterocycles. The van der Waals surface area contributed by atoms with E-state index in [0.29, 0.717) is 12.6 Å². The lowest BCUT2D eigenvalue weighted by Gasteiger charge is -2.24. The van der Waals surface area contributed by atoms with Crippen LogP contribution in [0.4, 0.5) is 5.69 Å². The SMILES string of the molecule is CCCN(CC(=O)Nc1c(C)n[nH]c1C)CC1CCCN1. The first kappa shape index (κ1) is 16.0. The Morgan fingerprint density at radius 3 is 2.86 bits per heavy atom. The van der Waals surface area contributed by atoms with Gasteiger partial charge in [0, 0.05) is 12.6 Å². The van der Waals surface area contributed by atoms with Gasteiger partial charge in [0.05, 0.1) is 23.6 Å². The molecule has 0 saturated carbocycles. The van der Waals surface area contributed by atoms with E-state index in [1.807, 2.05) is 13.8 Å². The predicted molar refractivity (Wildman–Crippen MR) is 84.4 cm³/mol. The third-order valence-electron chi connectivity index (χ3n) is 3.94. The highest BCUT2D eigenvalue weighted by molar-refractivity contribution is 5.93. The Hall–Kier alpha value is -1.40. The lowest BCUT2D eigenvalue weighted by Crippen LogP contribution is -2.41. The fraction of sp³-hybridized carbons (Fsp3) is 0.733. The number of aromatic amines is 1. The Morgan fingerprint density at radius 1 is 1.48 bits per heavy atom. The number of amides is 1. The van der Waals surface area contributed by atoms with Crippen LogP contribution in [-0.2, 0) is 4.79 Å². The zero-order valence-corrected chi connectivity index (χ0v) is 13.3. The Morgan fingerprint density at radius 2 is 2.29 bits per heavy atom. The normalized spacial score (nSPS) is 18.4. The van der Waals surface area contributed by atoms with Gasteiger partial charge in [0.25, 0.3) is 0 Å². The molecular weight excluding hydrogens is 266 g/mol. The Labute approximate surface area is 126 Å². The minimum atomic E-state index is 0.0362. The van der Waals surface area contributed by atoms with Crippen LogP contribution in [0.25, 0.3) is 0 Å². The zero-order valence-electron chi connectivity index (χ0n) is 13.3. The Balaban J connectivity index is 1.88. The lowest BCUT2D eigenvalue weighted by molar-refractivity contribution is -0.117. The van der Waals surface area contributed by atoms with E-state index < -0.39 is 0 Å². The van der Waals surface area contributed by atoms with Crippen LogP contribution in [0.2, 0.25) is 0 Å². The summed E-state index contributed by atoms with van der Waals surface area (Å²) in [7, 11) is 0. The molecule has 1 unspecified atom stereocenters. The van der Waals surface area contributed by atoms with Crippen molar-refractivity contribution in [3.8, 4) is 0 Å². The van der Waals surface area contributed by atoms with Gasteiger partial charge in [-0.15, -0.1) is 0 Å². The molecule has 1 amide bonds. The largest absolute Gasteiger partial charge is 0.322 e. The summed E-state index contributed by atoms with van der Waals surface area (Å²) < 4.78 is 0. The van der Waals surface area contributed by atoms with E-state index >= 15 is 0 Å². The summed E-state index contributed by atoms with van der Waals surface area (Å²) in [5.41, 5.74) is 2.55. The van der Waals surface area contributed by atoms with Crippen LogP contribution >= 0.6 is 0 Å². The van der Waals surface area contributed by atoms with Gasteiger partial charge in [0.1, 0.15) is 0 Å². The maximum atomic E-state index is 12.3. The molecule has 2 rings (SSSR count). The maximum Gasteiger partial charge on any atom is 0.238 e. The van der Waals surface area contributed by atoms with E-state index in [1.165, 1.54) is 12.8 Å². The number of rotatable bonds is 7.